The number of rotatable bonds is 3. The van der Waals surface area contributed by atoms with Gasteiger partial charge in [0.05, 0.1) is 17.0 Å². The molecule has 3 heterocycles. The first kappa shape index (κ1) is 16.3. The fraction of sp³-hybridized carbons (Fsp3) is 0.368. The smallest absolute Gasteiger partial charge is 0.203 e. The van der Waals surface area contributed by atoms with E-state index in [1.54, 1.807) is 12.1 Å². The summed E-state index contributed by atoms with van der Waals surface area (Å²) in [6, 6.07) is 3.31. The number of aromatic nitrogens is 1. The monoisotopic (exact) mass is 356 g/mol. The van der Waals surface area contributed by atoms with Gasteiger partial charge in [-0.15, -0.1) is 11.3 Å². The lowest BCUT2D eigenvalue weighted by Gasteiger charge is -2.15. The zero-order chi connectivity index (χ0) is 17.6. The predicted octanol–water partition coefficient (Wildman–Crippen LogP) is 3.92. The molecule has 1 unspecified atom stereocenters. The van der Waals surface area contributed by atoms with E-state index in [1.165, 1.54) is 11.3 Å². The SMILES string of the molecule is CCc1cc2c(=O)c(-c3nc(C)cs3)c(C3CCCN3)oc2cc1O. The summed E-state index contributed by atoms with van der Waals surface area (Å²) in [6.45, 7) is 4.77. The van der Waals surface area contributed by atoms with Crippen LogP contribution in [0, 0.1) is 6.92 Å². The molecule has 25 heavy (non-hydrogen) atoms. The van der Waals surface area contributed by atoms with Crippen molar-refractivity contribution in [1.29, 1.82) is 0 Å². The minimum absolute atomic E-state index is 0.00398. The van der Waals surface area contributed by atoms with Crippen LogP contribution in [0.2, 0.25) is 0 Å². The molecular weight excluding hydrogens is 336 g/mol. The molecule has 3 aromatic rings. The fourth-order valence-corrected chi connectivity index (χ4v) is 4.24. The van der Waals surface area contributed by atoms with Gasteiger partial charge in [0.2, 0.25) is 5.43 Å². The number of aryl methyl sites for hydroxylation is 2. The molecule has 0 amide bonds. The second-order valence-electron chi connectivity index (χ2n) is 6.44. The molecule has 0 saturated carbocycles. The molecule has 6 heteroatoms. The van der Waals surface area contributed by atoms with Crippen molar-refractivity contribution >= 4 is 22.3 Å². The lowest BCUT2D eigenvalue weighted by atomic mass is 10.0. The van der Waals surface area contributed by atoms with E-state index in [1.807, 2.05) is 19.2 Å². The lowest BCUT2D eigenvalue weighted by molar-refractivity contribution is 0.453. The van der Waals surface area contributed by atoms with E-state index < -0.39 is 0 Å². The molecule has 2 N–H and O–H groups in total. The van der Waals surface area contributed by atoms with Gasteiger partial charge >= 0.3 is 0 Å². The van der Waals surface area contributed by atoms with Crippen molar-refractivity contribution in [2.24, 2.45) is 0 Å². The fourth-order valence-electron chi connectivity index (χ4n) is 3.40. The molecule has 2 aromatic heterocycles. The van der Waals surface area contributed by atoms with Crippen LogP contribution in [-0.4, -0.2) is 16.6 Å². The predicted molar refractivity (Wildman–Crippen MR) is 99.3 cm³/mol. The van der Waals surface area contributed by atoms with E-state index >= 15 is 0 Å². The van der Waals surface area contributed by atoms with E-state index in [0.717, 1.165) is 30.6 Å². The van der Waals surface area contributed by atoms with Crippen molar-refractivity contribution in [3.63, 3.8) is 0 Å². The van der Waals surface area contributed by atoms with Crippen LogP contribution in [-0.2, 0) is 6.42 Å². The number of fused-ring (bicyclic) bond motifs is 1. The van der Waals surface area contributed by atoms with E-state index in [9.17, 15) is 9.90 Å². The van der Waals surface area contributed by atoms with E-state index in [-0.39, 0.29) is 17.2 Å². The van der Waals surface area contributed by atoms with Gasteiger partial charge in [0.15, 0.2) is 0 Å². The number of phenols is 1. The maximum atomic E-state index is 13.3. The van der Waals surface area contributed by atoms with Gasteiger partial charge in [-0.1, -0.05) is 6.92 Å². The van der Waals surface area contributed by atoms with Gasteiger partial charge in [-0.05, 0) is 44.4 Å². The molecule has 130 valence electrons. The van der Waals surface area contributed by atoms with Crippen LogP contribution in [0.15, 0.2) is 26.7 Å². The Morgan fingerprint density at radius 3 is 2.92 bits per heavy atom. The van der Waals surface area contributed by atoms with Crippen LogP contribution in [0.4, 0.5) is 0 Å². The van der Waals surface area contributed by atoms with Crippen molar-refractivity contribution < 1.29 is 9.52 Å². The van der Waals surface area contributed by atoms with Crippen molar-refractivity contribution in [2.45, 2.75) is 39.2 Å². The highest BCUT2D eigenvalue weighted by molar-refractivity contribution is 7.13. The molecule has 0 spiro atoms. The van der Waals surface area contributed by atoms with Crippen LogP contribution in [0.5, 0.6) is 5.75 Å². The standard InChI is InChI=1S/C19H20N2O3S/c1-3-11-7-12-15(8-14(11)22)24-18(13-5-4-6-20-13)16(17(12)23)19-21-10(2)9-25-19/h7-9,13,20,22H,3-6H2,1-2H3. The van der Waals surface area contributed by atoms with Gasteiger partial charge < -0.3 is 14.8 Å². The first-order chi connectivity index (χ1) is 12.1. The number of aromatic hydroxyl groups is 1. The number of thiazole rings is 1. The second-order valence-corrected chi connectivity index (χ2v) is 7.30. The Hall–Kier alpha value is -2.18. The van der Waals surface area contributed by atoms with Gasteiger partial charge in [-0.25, -0.2) is 4.98 Å². The number of hydrogen-bond acceptors (Lipinski definition) is 6. The highest BCUT2D eigenvalue weighted by Crippen LogP contribution is 2.35. The summed E-state index contributed by atoms with van der Waals surface area (Å²) in [5.74, 6) is 0.800. The minimum Gasteiger partial charge on any atom is -0.508 e. The largest absolute Gasteiger partial charge is 0.508 e. The number of hydrogen-bond donors (Lipinski definition) is 2. The van der Waals surface area contributed by atoms with E-state index in [0.29, 0.717) is 33.7 Å². The highest BCUT2D eigenvalue weighted by atomic mass is 32.1. The molecule has 0 radical (unpaired) electrons. The van der Waals surface area contributed by atoms with Gasteiger partial charge in [0, 0.05) is 17.1 Å². The number of nitrogens with one attached hydrogen (secondary N) is 1. The Balaban J connectivity index is 2.04. The summed E-state index contributed by atoms with van der Waals surface area (Å²) in [5, 5.41) is 16.7. The Labute approximate surface area is 149 Å². The number of phenolic OH excluding ortho intramolecular Hbond substituents is 1. The number of nitrogens with zero attached hydrogens (tertiary/aromatic N) is 1. The maximum absolute atomic E-state index is 13.3. The second kappa shape index (κ2) is 6.28. The minimum atomic E-state index is -0.0750. The molecule has 1 aliphatic heterocycles. The highest BCUT2D eigenvalue weighted by Gasteiger charge is 2.27. The molecular formula is C19H20N2O3S. The molecule has 0 bridgehead atoms. The van der Waals surface area contributed by atoms with Crippen LogP contribution in [0.25, 0.3) is 21.5 Å². The Morgan fingerprint density at radius 2 is 2.28 bits per heavy atom. The van der Waals surface area contributed by atoms with E-state index in [4.69, 9.17) is 4.42 Å². The molecule has 1 aliphatic rings. The zero-order valence-electron chi connectivity index (χ0n) is 14.3. The van der Waals surface area contributed by atoms with Gasteiger partial charge in [0.1, 0.15) is 22.1 Å². The molecule has 5 nitrogen and oxygen atoms in total. The van der Waals surface area contributed by atoms with Crippen molar-refractivity contribution in [3.8, 4) is 16.3 Å². The molecule has 1 fully saturated rings. The first-order valence-electron chi connectivity index (χ1n) is 8.57. The third-order valence-electron chi connectivity index (χ3n) is 4.71. The molecule has 1 saturated heterocycles. The van der Waals surface area contributed by atoms with Crippen LogP contribution in [0.3, 0.4) is 0 Å². The summed E-state index contributed by atoms with van der Waals surface area (Å²) in [7, 11) is 0. The zero-order valence-corrected chi connectivity index (χ0v) is 15.1. The third-order valence-corrected chi connectivity index (χ3v) is 5.69. The van der Waals surface area contributed by atoms with Crippen LogP contribution in [0.1, 0.15) is 42.8 Å². The molecule has 1 aromatic carbocycles. The van der Waals surface area contributed by atoms with Crippen LogP contribution < -0.4 is 10.7 Å². The Morgan fingerprint density at radius 1 is 1.44 bits per heavy atom. The van der Waals surface area contributed by atoms with Crippen LogP contribution >= 0.6 is 11.3 Å². The van der Waals surface area contributed by atoms with Crippen molar-refractivity contribution in [1.82, 2.24) is 10.3 Å². The summed E-state index contributed by atoms with van der Waals surface area (Å²) in [5.41, 5.74) is 2.55. The average Bonchev–Trinajstić information content (AvgIpc) is 3.26. The summed E-state index contributed by atoms with van der Waals surface area (Å²) >= 11 is 1.46. The molecule has 0 aliphatic carbocycles. The lowest BCUT2D eigenvalue weighted by Crippen LogP contribution is -2.18. The quantitative estimate of drug-likeness (QED) is 0.744. The third kappa shape index (κ3) is 2.75. The summed E-state index contributed by atoms with van der Waals surface area (Å²) in [6.07, 6.45) is 2.62. The van der Waals surface area contributed by atoms with Gasteiger partial charge in [0.25, 0.3) is 0 Å². The molecule has 1 atom stereocenters. The summed E-state index contributed by atoms with van der Waals surface area (Å²) in [4.78, 5) is 17.8. The van der Waals surface area contributed by atoms with E-state index in [2.05, 4.69) is 10.3 Å². The van der Waals surface area contributed by atoms with Crippen molar-refractivity contribution in [2.75, 3.05) is 6.54 Å². The Kier molecular flexibility index (Phi) is 4.09. The number of benzene rings is 1. The normalized spacial score (nSPS) is 17.4. The van der Waals surface area contributed by atoms with Gasteiger partial charge in [-0.2, -0.15) is 0 Å². The first-order valence-corrected chi connectivity index (χ1v) is 9.45. The maximum Gasteiger partial charge on any atom is 0.203 e. The van der Waals surface area contributed by atoms with Crippen molar-refractivity contribution in [3.05, 3.63) is 44.8 Å². The topological polar surface area (TPSA) is 75.4 Å². The van der Waals surface area contributed by atoms with Gasteiger partial charge in [-0.3, -0.25) is 4.79 Å². The molecule has 4 rings (SSSR count). The Bertz CT molecular complexity index is 1000. The summed E-state index contributed by atoms with van der Waals surface area (Å²) < 4.78 is 6.15. The average molecular weight is 356 g/mol.